The van der Waals surface area contributed by atoms with Gasteiger partial charge in [0.2, 0.25) is 0 Å². The maximum Gasteiger partial charge on any atom is 0.0218 e. The van der Waals surface area contributed by atoms with Gasteiger partial charge in [-0.05, 0) is 28.4 Å². The molecule has 0 spiro atoms. The zero-order valence-electron chi connectivity index (χ0n) is 8.84. The third-order valence-corrected chi connectivity index (χ3v) is 3.91. The second kappa shape index (κ2) is 6.02. The van der Waals surface area contributed by atoms with Gasteiger partial charge in [-0.3, -0.25) is 0 Å². The maximum absolute atomic E-state index is 3.34. The van der Waals surface area contributed by atoms with E-state index in [4.69, 9.17) is 0 Å². The molecule has 2 aromatic rings. The van der Waals surface area contributed by atoms with Crippen molar-refractivity contribution in [2.45, 2.75) is 12.3 Å². The number of hydrogen-bond acceptors (Lipinski definition) is 1. The first-order valence-corrected chi connectivity index (χ1v) is 7.05. The molecule has 0 saturated carbocycles. The van der Waals surface area contributed by atoms with Gasteiger partial charge in [0.1, 0.15) is 0 Å². The van der Waals surface area contributed by atoms with Crippen LogP contribution >= 0.6 is 27.3 Å². The van der Waals surface area contributed by atoms with Gasteiger partial charge < -0.3 is 0 Å². The van der Waals surface area contributed by atoms with Crippen molar-refractivity contribution in [3.8, 4) is 0 Å². The van der Waals surface area contributed by atoms with Gasteiger partial charge in [0, 0.05) is 10.8 Å². The minimum Gasteiger partial charge on any atom is -0.148 e. The average Bonchev–Trinajstić information content (AvgIpc) is 2.85. The summed E-state index contributed by atoms with van der Waals surface area (Å²) in [7, 11) is 0. The van der Waals surface area contributed by atoms with Crippen molar-refractivity contribution in [2.24, 2.45) is 0 Å². The second-order valence-corrected chi connectivity index (χ2v) is 5.08. The fraction of sp³-hybridized carbons (Fsp3) is 0.143. The summed E-state index contributed by atoms with van der Waals surface area (Å²) in [4.78, 5) is 3.37. The van der Waals surface area contributed by atoms with E-state index in [1.807, 2.05) is 16.3 Å². The Balaban J connectivity index is 2.28. The zero-order valence-corrected chi connectivity index (χ0v) is 11.2. The second-order valence-electron chi connectivity index (χ2n) is 3.58. The number of benzene rings is 1. The van der Waals surface area contributed by atoms with Crippen LogP contribution in [0.1, 0.15) is 22.8 Å². The molecular formula is C14H13BrS. The van der Waals surface area contributed by atoms with Crippen LogP contribution in [0.4, 0.5) is 0 Å². The molecule has 0 fully saturated rings. The number of allylic oxidation sites excluding steroid dienone is 1. The molecule has 1 aromatic heterocycles. The molecule has 0 N–H and O–H groups in total. The summed E-state index contributed by atoms with van der Waals surface area (Å²) in [6.07, 6.45) is 3.20. The van der Waals surface area contributed by atoms with Crippen LogP contribution in [0.25, 0.3) is 0 Å². The summed E-state index contributed by atoms with van der Waals surface area (Å²) in [6, 6.07) is 15.0. The lowest BCUT2D eigenvalue weighted by Gasteiger charge is -2.13. The average molecular weight is 293 g/mol. The summed E-state index contributed by atoms with van der Waals surface area (Å²) < 4.78 is 0. The van der Waals surface area contributed by atoms with Crippen LogP contribution in [0.3, 0.4) is 0 Å². The lowest BCUT2D eigenvalue weighted by molar-refractivity contribution is 0.849. The first kappa shape index (κ1) is 11.6. The molecule has 0 radical (unpaired) electrons. The highest BCUT2D eigenvalue weighted by Crippen LogP contribution is 2.31. The van der Waals surface area contributed by atoms with Gasteiger partial charge in [0.05, 0.1) is 0 Å². The Kier molecular flexibility index (Phi) is 4.37. The van der Waals surface area contributed by atoms with E-state index in [9.17, 15) is 0 Å². The third kappa shape index (κ3) is 2.83. The largest absolute Gasteiger partial charge is 0.148 e. The minimum absolute atomic E-state index is 0.481. The number of thiophene rings is 1. The summed E-state index contributed by atoms with van der Waals surface area (Å²) >= 11 is 5.16. The molecule has 0 aliphatic carbocycles. The minimum atomic E-state index is 0.481. The molecule has 2 heteroatoms. The van der Waals surface area contributed by atoms with E-state index in [0.29, 0.717) is 5.92 Å². The van der Waals surface area contributed by atoms with Crippen LogP contribution in [0, 0.1) is 0 Å². The summed E-state index contributed by atoms with van der Waals surface area (Å²) in [5.74, 6) is 0.481. The van der Waals surface area contributed by atoms with Crippen molar-refractivity contribution in [3.05, 3.63) is 69.3 Å². The number of rotatable bonds is 4. The van der Waals surface area contributed by atoms with Gasteiger partial charge in [0.25, 0.3) is 0 Å². The highest BCUT2D eigenvalue weighted by atomic mass is 79.9. The van der Waals surface area contributed by atoms with E-state index in [-0.39, 0.29) is 0 Å². The van der Waals surface area contributed by atoms with E-state index < -0.39 is 0 Å². The van der Waals surface area contributed by atoms with E-state index in [2.05, 4.69) is 69.9 Å². The lowest BCUT2D eigenvalue weighted by Crippen LogP contribution is -1.96. The predicted octanol–water partition coefficient (Wildman–Crippen LogP) is 5.18. The predicted molar refractivity (Wildman–Crippen MR) is 75.3 cm³/mol. The normalized spacial score (nSPS) is 13.1. The molecule has 0 bridgehead atoms. The van der Waals surface area contributed by atoms with Crippen molar-refractivity contribution in [1.29, 1.82) is 0 Å². The van der Waals surface area contributed by atoms with Gasteiger partial charge >= 0.3 is 0 Å². The molecule has 1 heterocycles. The van der Waals surface area contributed by atoms with E-state index >= 15 is 0 Å². The zero-order chi connectivity index (χ0) is 11.2. The molecule has 0 aliphatic rings. The topological polar surface area (TPSA) is 0 Å². The van der Waals surface area contributed by atoms with Crippen LogP contribution in [0.5, 0.6) is 0 Å². The molecule has 1 atom stereocenters. The van der Waals surface area contributed by atoms with E-state index in [1.165, 1.54) is 10.4 Å². The van der Waals surface area contributed by atoms with Gasteiger partial charge in [-0.2, -0.15) is 0 Å². The molecule has 0 saturated heterocycles. The summed E-state index contributed by atoms with van der Waals surface area (Å²) in [5, 5.41) is 2.14. The fourth-order valence-corrected chi connectivity index (χ4v) is 2.86. The highest BCUT2D eigenvalue weighted by molar-refractivity contribution is 9.11. The molecule has 16 heavy (non-hydrogen) atoms. The monoisotopic (exact) mass is 292 g/mol. The maximum atomic E-state index is 3.34. The Morgan fingerprint density at radius 3 is 2.56 bits per heavy atom. The van der Waals surface area contributed by atoms with Crippen molar-refractivity contribution in [3.63, 3.8) is 0 Å². The molecule has 0 nitrogen and oxygen atoms in total. The van der Waals surface area contributed by atoms with Gasteiger partial charge in [-0.15, -0.1) is 11.3 Å². The Hall–Kier alpha value is -0.860. The number of hydrogen-bond donors (Lipinski definition) is 0. The lowest BCUT2D eigenvalue weighted by atomic mass is 9.94. The van der Waals surface area contributed by atoms with Crippen LogP contribution in [-0.4, -0.2) is 0 Å². The Morgan fingerprint density at radius 1 is 1.12 bits per heavy atom. The van der Waals surface area contributed by atoms with Crippen LogP contribution in [-0.2, 0) is 0 Å². The molecule has 1 unspecified atom stereocenters. The van der Waals surface area contributed by atoms with E-state index in [0.717, 1.165) is 6.42 Å². The molecular weight excluding hydrogens is 280 g/mol. The van der Waals surface area contributed by atoms with Crippen molar-refractivity contribution in [1.82, 2.24) is 0 Å². The van der Waals surface area contributed by atoms with Crippen molar-refractivity contribution in [2.75, 3.05) is 0 Å². The van der Waals surface area contributed by atoms with Crippen molar-refractivity contribution >= 4 is 27.3 Å². The molecule has 0 aliphatic heterocycles. The summed E-state index contributed by atoms with van der Waals surface area (Å²) in [5.41, 5.74) is 1.38. The number of halogens is 1. The van der Waals surface area contributed by atoms with Gasteiger partial charge in [-0.25, -0.2) is 0 Å². The Morgan fingerprint density at radius 2 is 1.94 bits per heavy atom. The fourth-order valence-electron chi connectivity index (χ4n) is 1.78. The van der Waals surface area contributed by atoms with Crippen LogP contribution < -0.4 is 0 Å². The molecule has 2 rings (SSSR count). The SMILES string of the molecule is BrC=CCC(c1ccccc1)c1cccs1. The van der Waals surface area contributed by atoms with Crippen LogP contribution in [0.15, 0.2) is 58.9 Å². The molecule has 1 aromatic carbocycles. The Bertz CT molecular complexity index is 431. The highest BCUT2D eigenvalue weighted by Gasteiger charge is 2.12. The van der Waals surface area contributed by atoms with Gasteiger partial charge in [-0.1, -0.05) is 58.4 Å². The Labute approximate surface area is 109 Å². The van der Waals surface area contributed by atoms with Crippen molar-refractivity contribution < 1.29 is 0 Å². The first-order valence-electron chi connectivity index (χ1n) is 5.25. The third-order valence-electron chi connectivity index (χ3n) is 2.55. The smallest absolute Gasteiger partial charge is 0.0218 e. The van der Waals surface area contributed by atoms with Gasteiger partial charge in [0.15, 0.2) is 0 Å². The summed E-state index contributed by atoms with van der Waals surface area (Å²) in [6.45, 7) is 0. The molecule has 0 amide bonds. The molecule has 82 valence electrons. The standard InChI is InChI=1S/C14H13BrS/c15-10-4-8-13(14-9-5-11-16-14)12-6-2-1-3-7-12/h1-7,9-11,13H,8H2. The first-order chi connectivity index (χ1) is 7.92. The van der Waals surface area contributed by atoms with E-state index in [1.54, 1.807) is 0 Å². The van der Waals surface area contributed by atoms with Crippen LogP contribution in [0.2, 0.25) is 0 Å². The quantitative estimate of drug-likeness (QED) is 0.728.